The van der Waals surface area contributed by atoms with Gasteiger partial charge < -0.3 is 9.64 Å². The molecule has 0 unspecified atom stereocenters. The lowest BCUT2D eigenvalue weighted by molar-refractivity contribution is 0.0457. The van der Waals surface area contributed by atoms with Crippen LogP contribution in [0.1, 0.15) is 5.56 Å². The van der Waals surface area contributed by atoms with E-state index < -0.39 is 8.07 Å². The topological polar surface area (TPSA) is 12.5 Å². The van der Waals surface area contributed by atoms with Crippen molar-refractivity contribution in [3.8, 4) is 0 Å². The number of benzene rings is 1. The predicted molar refractivity (Wildman–Crippen MR) is 80.9 cm³/mol. The molecule has 1 aromatic rings. The molecule has 2 nitrogen and oxygen atoms in total. The molecule has 0 radical (unpaired) electrons. The van der Waals surface area contributed by atoms with E-state index in [0.717, 1.165) is 26.3 Å². The molecule has 0 amide bonds. The largest absolute Gasteiger partial charge is 0.379 e. The Morgan fingerprint density at radius 3 is 2.61 bits per heavy atom. The molecule has 0 atom stereocenters. The molecule has 1 aliphatic heterocycles. The molecule has 3 heteroatoms. The number of ether oxygens (including phenoxy) is 1. The highest BCUT2D eigenvalue weighted by atomic mass is 28.3. The van der Waals surface area contributed by atoms with Crippen molar-refractivity contribution < 1.29 is 4.74 Å². The summed E-state index contributed by atoms with van der Waals surface area (Å²) in [7, 11) is -1.43. The van der Waals surface area contributed by atoms with Gasteiger partial charge in [-0.25, -0.2) is 0 Å². The highest BCUT2D eigenvalue weighted by molar-refractivity contribution is 6.90. The van der Waals surface area contributed by atoms with Gasteiger partial charge in [-0.2, -0.15) is 0 Å². The van der Waals surface area contributed by atoms with Gasteiger partial charge >= 0.3 is 0 Å². The van der Waals surface area contributed by atoms with Crippen LogP contribution >= 0.6 is 0 Å². The third-order valence-electron chi connectivity index (χ3n) is 3.63. The fourth-order valence-corrected chi connectivity index (χ4v) is 5.81. The Bertz CT molecular complexity index is 411. The van der Waals surface area contributed by atoms with Crippen molar-refractivity contribution in [1.82, 2.24) is 4.90 Å². The Morgan fingerprint density at radius 2 is 1.94 bits per heavy atom. The summed E-state index contributed by atoms with van der Waals surface area (Å²) in [6.07, 6.45) is 3.20. The third-order valence-corrected chi connectivity index (χ3v) is 6.78. The van der Waals surface area contributed by atoms with Crippen molar-refractivity contribution in [1.29, 1.82) is 0 Å². The third kappa shape index (κ3) is 3.10. The highest BCUT2D eigenvalue weighted by Crippen LogP contribution is 2.11. The van der Waals surface area contributed by atoms with Crippen molar-refractivity contribution in [3.05, 3.63) is 36.4 Å². The zero-order chi connectivity index (χ0) is 13.0. The SMILES string of the molecule is C=Cc1ccccc1[Si](C)(C)CN1CCOCC1. The number of morpholine rings is 1. The summed E-state index contributed by atoms with van der Waals surface area (Å²) in [5.41, 5.74) is 1.31. The maximum absolute atomic E-state index is 5.42. The van der Waals surface area contributed by atoms with Crippen LogP contribution in [0.25, 0.3) is 6.08 Å². The molecule has 1 aliphatic rings. The molecule has 1 saturated heterocycles. The van der Waals surface area contributed by atoms with Gasteiger partial charge in [-0.15, -0.1) is 0 Å². The molecule has 0 spiro atoms. The van der Waals surface area contributed by atoms with Crippen LogP contribution in [-0.2, 0) is 4.74 Å². The predicted octanol–water partition coefficient (Wildman–Crippen LogP) is 2.12. The second kappa shape index (κ2) is 5.82. The van der Waals surface area contributed by atoms with Gasteiger partial charge in [0.15, 0.2) is 0 Å². The average molecular weight is 261 g/mol. The van der Waals surface area contributed by atoms with Crippen LogP contribution in [0.2, 0.25) is 13.1 Å². The second-order valence-corrected chi connectivity index (χ2v) is 10.2. The Morgan fingerprint density at radius 1 is 1.28 bits per heavy atom. The minimum Gasteiger partial charge on any atom is -0.379 e. The lowest BCUT2D eigenvalue weighted by atomic mass is 10.2. The molecule has 0 bridgehead atoms. The standard InChI is InChI=1S/C15H23NOSi/c1-4-14-7-5-6-8-15(14)18(2,3)13-16-9-11-17-12-10-16/h4-8H,1,9-13H2,2-3H3. The van der Waals surface area contributed by atoms with Crippen molar-refractivity contribution in [2.45, 2.75) is 13.1 Å². The summed E-state index contributed by atoms with van der Waals surface area (Å²) in [4.78, 5) is 2.55. The maximum atomic E-state index is 5.42. The zero-order valence-electron chi connectivity index (χ0n) is 11.5. The lowest BCUT2D eigenvalue weighted by Crippen LogP contribution is -2.54. The first-order valence-corrected chi connectivity index (χ1v) is 9.86. The van der Waals surface area contributed by atoms with Crippen LogP contribution in [0.3, 0.4) is 0 Å². The maximum Gasteiger partial charge on any atom is 0.0956 e. The van der Waals surface area contributed by atoms with Gasteiger partial charge in [-0.1, -0.05) is 55.2 Å². The Kier molecular flexibility index (Phi) is 4.38. The number of hydrogen-bond donors (Lipinski definition) is 0. The quantitative estimate of drug-likeness (QED) is 0.770. The molecule has 98 valence electrons. The Hall–Kier alpha value is -0.903. The Labute approximate surface area is 111 Å². The molecule has 1 fully saturated rings. The van der Waals surface area contributed by atoms with Gasteiger partial charge in [0.05, 0.1) is 21.3 Å². The van der Waals surface area contributed by atoms with Crippen LogP contribution in [0.15, 0.2) is 30.8 Å². The summed E-state index contributed by atoms with van der Waals surface area (Å²) in [5.74, 6) is 0. The van der Waals surface area contributed by atoms with E-state index >= 15 is 0 Å². The number of rotatable bonds is 4. The van der Waals surface area contributed by atoms with Crippen molar-refractivity contribution in [2.24, 2.45) is 0 Å². The molecular weight excluding hydrogens is 238 g/mol. The van der Waals surface area contributed by atoms with E-state index in [1.54, 1.807) is 0 Å². The smallest absolute Gasteiger partial charge is 0.0956 e. The van der Waals surface area contributed by atoms with Gasteiger partial charge in [-0.05, 0) is 11.7 Å². The van der Waals surface area contributed by atoms with E-state index in [1.807, 2.05) is 6.08 Å². The molecular formula is C15H23NOSi. The first-order chi connectivity index (χ1) is 8.63. The zero-order valence-corrected chi connectivity index (χ0v) is 12.5. The van der Waals surface area contributed by atoms with Crippen molar-refractivity contribution >= 4 is 19.3 Å². The van der Waals surface area contributed by atoms with E-state index in [1.165, 1.54) is 16.9 Å². The monoisotopic (exact) mass is 261 g/mol. The molecule has 1 aromatic carbocycles. The normalized spacial score (nSPS) is 17.7. The van der Waals surface area contributed by atoms with Gasteiger partial charge in [0.25, 0.3) is 0 Å². The Balaban J connectivity index is 2.15. The van der Waals surface area contributed by atoms with E-state index in [0.29, 0.717) is 0 Å². The van der Waals surface area contributed by atoms with Crippen LogP contribution in [0.4, 0.5) is 0 Å². The summed E-state index contributed by atoms with van der Waals surface area (Å²) in [6.45, 7) is 12.8. The molecule has 0 aliphatic carbocycles. The van der Waals surface area contributed by atoms with Gasteiger partial charge in [0.2, 0.25) is 0 Å². The van der Waals surface area contributed by atoms with Gasteiger partial charge in [-0.3, -0.25) is 0 Å². The molecule has 0 saturated carbocycles. The summed E-state index contributed by atoms with van der Waals surface area (Å²) in [5, 5.41) is 1.52. The molecule has 18 heavy (non-hydrogen) atoms. The molecule has 2 rings (SSSR count). The van der Waals surface area contributed by atoms with Crippen molar-refractivity contribution in [3.63, 3.8) is 0 Å². The fourth-order valence-electron chi connectivity index (χ4n) is 2.69. The molecule has 0 aromatic heterocycles. The summed E-state index contributed by atoms with van der Waals surface area (Å²) < 4.78 is 5.42. The first kappa shape index (κ1) is 13.5. The van der Waals surface area contributed by atoms with E-state index in [9.17, 15) is 0 Å². The first-order valence-electron chi connectivity index (χ1n) is 6.65. The van der Waals surface area contributed by atoms with Crippen LogP contribution in [-0.4, -0.2) is 45.4 Å². The van der Waals surface area contributed by atoms with Crippen LogP contribution in [0, 0.1) is 0 Å². The van der Waals surface area contributed by atoms with E-state index in [4.69, 9.17) is 4.74 Å². The van der Waals surface area contributed by atoms with E-state index in [2.05, 4.69) is 48.8 Å². The highest BCUT2D eigenvalue weighted by Gasteiger charge is 2.28. The summed E-state index contributed by atoms with van der Waals surface area (Å²) in [6, 6.07) is 8.70. The fraction of sp³-hybridized carbons (Fsp3) is 0.467. The van der Waals surface area contributed by atoms with Crippen LogP contribution in [0.5, 0.6) is 0 Å². The van der Waals surface area contributed by atoms with Gasteiger partial charge in [0.1, 0.15) is 0 Å². The minimum absolute atomic E-state index is 0.883. The lowest BCUT2D eigenvalue weighted by Gasteiger charge is -2.34. The molecule has 0 N–H and O–H groups in total. The number of hydrogen-bond acceptors (Lipinski definition) is 2. The van der Waals surface area contributed by atoms with Crippen LogP contribution < -0.4 is 5.19 Å². The van der Waals surface area contributed by atoms with Crippen molar-refractivity contribution in [2.75, 3.05) is 32.5 Å². The van der Waals surface area contributed by atoms with Gasteiger partial charge in [0, 0.05) is 13.1 Å². The summed E-state index contributed by atoms with van der Waals surface area (Å²) >= 11 is 0. The molecule has 1 heterocycles. The second-order valence-electron chi connectivity index (χ2n) is 5.56. The average Bonchev–Trinajstić information content (AvgIpc) is 2.39. The van der Waals surface area contributed by atoms with E-state index in [-0.39, 0.29) is 0 Å². The number of nitrogens with zero attached hydrogens (tertiary/aromatic N) is 1. The minimum atomic E-state index is -1.43.